The number of benzene rings is 2. The van der Waals surface area contributed by atoms with E-state index in [4.69, 9.17) is 10.4 Å². The second-order valence-corrected chi connectivity index (χ2v) is 6.20. The van der Waals surface area contributed by atoms with Crippen molar-refractivity contribution in [2.24, 2.45) is 5.14 Å². The first-order valence-corrected chi connectivity index (χ1v) is 7.90. The van der Waals surface area contributed by atoms with E-state index in [9.17, 15) is 18.5 Å². The summed E-state index contributed by atoms with van der Waals surface area (Å²) in [5, 5.41) is 27.7. The summed E-state index contributed by atoms with van der Waals surface area (Å²) < 4.78 is 22.3. The molecule has 0 amide bonds. The quantitative estimate of drug-likeness (QED) is 0.631. The number of nitriles is 1. The Kier molecular flexibility index (Phi) is 4.59. The predicted molar refractivity (Wildman–Crippen MR) is 83.0 cm³/mol. The first-order chi connectivity index (χ1) is 10.8. The summed E-state index contributed by atoms with van der Waals surface area (Å²) >= 11 is 0. The number of anilines is 1. The molecule has 118 valence electrons. The molecule has 0 heterocycles. The van der Waals surface area contributed by atoms with E-state index in [0.29, 0.717) is 12.2 Å². The molecule has 2 rings (SSSR count). The molecule has 2 aromatic rings. The maximum atomic E-state index is 11.2. The van der Waals surface area contributed by atoms with Crippen LogP contribution in [0.5, 0.6) is 0 Å². The average Bonchev–Trinajstić information content (AvgIpc) is 2.52. The Balaban J connectivity index is 2.15. The summed E-state index contributed by atoms with van der Waals surface area (Å²) in [6.07, 6.45) is 0. The normalized spacial score (nSPS) is 10.8. The molecule has 0 spiro atoms. The monoisotopic (exact) mass is 332 g/mol. The molecule has 0 aromatic heterocycles. The molecule has 0 atom stereocenters. The van der Waals surface area contributed by atoms with Gasteiger partial charge in [0.1, 0.15) is 6.07 Å². The number of sulfonamides is 1. The van der Waals surface area contributed by atoms with Crippen molar-refractivity contribution in [2.75, 3.05) is 5.32 Å². The number of hydrogen-bond donors (Lipinski definition) is 2. The summed E-state index contributed by atoms with van der Waals surface area (Å²) in [5.74, 6) is 0. The number of rotatable bonds is 5. The van der Waals surface area contributed by atoms with Crippen molar-refractivity contribution in [2.45, 2.75) is 11.4 Å². The Hall–Kier alpha value is -2.96. The summed E-state index contributed by atoms with van der Waals surface area (Å²) in [6.45, 7) is 0.317. The molecule has 0 unspecified atom stereocenters. The SMILES string of the molecule is N#Cc1cc([N+](=O)[O-])ccc1NCc1ccc(S(N)(=O)=O)cc1. The standard InChI is InChI=1S/C14H12N4O4S/c15-8-11-7-12(18(19)20)3-6-14(11)17-9-10-1-4-13(5-2-10)23(16,21)22/h1-7,17H,9H2,(H2,16,21,22). The van der Waals surface area contributed by atoms with Crippen molar-refractivity contribution in [1.29, 1.82) is 5.26 Å². The number of nitrogens with one attached hydrogen (secondary N) is 1. The molecule has 0 saturated heterocycles. The Morgan fingerprint density at radius 1 is 1.22 bits per heavy atom. The fourth-order valence-electron chi connectivity index (χ4n) is 1.89. The Morgan fingerprint density at radius 2 is 1.87 bits per heavy atom. The number of nitro groups is 1. The maximum Gasteiger partial charge on any atom is 0.270 e. The number of hydrogen-bond acceptors (Lipinski definition) is 6. The molecule has 0 bridgehead atoms. The number of primary sulfonamides is 1. The van der Waals surface area contributed by atoms with Gasteiger partial charge in [-0.3, -0.25) is 10.1 Å². The van der Waals surface area contributed by atoms with Crippen molar-refractivity contribution in [3.63, 3.8) is 0 Å². The molecular weight excluding hydrogens is 320 g/mol. The van der Waals surface area contributed by atoms with E-state index in [2.05, 4.69) is 5.32 Å². The highest BCUT2D eigenvalue weighted by Gasteiger charge is 2.11. The van der Waals surface area contributed by atoms with Crippen LogP contribution in [0, 0.1) is 21.4 Å². The third kappa shape index (κ3) is 4.03. The molecule has 0 aliphatic heterocycles. The predicted octanol–water partition coefficient (Wildman–Crippen LogP) is 1.73. The third-order valence-corrected chi connectivity index (χ3v) is 4.00. The van der Waals surface area contributed by atoms with Crippen molar-refractivity contribution in [3.8, 4) is 6.07 Å². The molecule has 0 saturated carbocycles. The van der Waals surface area contributed by atoms with Crippen LogP contribution in [0.15, 0.2) is 47.4 Å². The fourth-order valence-corrected chi connectivity index (χ4v) is 2.40. The van der Waals surface area contributed by atoms with Gasteiger partial charge in [-0.25, -0.2) is 13.6 Å². The van der Waals surface area contributed by atoms with Gasteiger partial charge in [-0.2, -0.15) is 5.26 Å². The number of non-ortho nitro benzene ring substituents is 1. The minimum atomic E-state index is -3.74. The van der Waals surface area contributed by atoms with Gasteiger partial charge >= 0.3 is 0 Å². The van der Waals surface area contributed by atoms with Crippen molar-refractivity contribution >= 4 is 21.4 Å². The topological polar surface area (TPSA) is 139 Å². The second kappa shape index (κ2) is 6.43. The van der Waals surface area contributed by atoms with Crippen LogP contribution in [0.2, 0.25) is 0 Å². The van der Waals surface area contributed by atoms with Gasteiger partial charge in [-0.15, -0.1) is 0 Å². The molecule has 2 aromatic carbocycles. The first kappa shape index (κ1) is 16.4. The highest BCUT2D eigenvalue weighted by molar-refractivity contribution is 7.89. The summed E-state index contributed by atoms with van der Waals surface area (Å²) in [7, 11) is -3.74. The Labute approximate surface area is 132 Å². The maximum absolute atomic E-state index is 11.2. The zero-order valence-corrected chi connectivity index (χ0v) is 12.6. The van der Waals surface area contributed by atoms with E-state index in [1.54, 1.807) is 12.1 Å². The Bertz CT molecular complexity index is 886. The van der Waals surface area contributed by atoms with Crippen molar-refractivity contribution in [1.82, 2.24) is 0 Å². The van der Waals surface area contributed by atoms with Crippen LogP contribution < -0.4 is 10.5 Å². The van der Waals surface area contributed by atoms with Gasteiger partial charge < -0.3 is 5.32 Å². The van der Waals surface area contributed by atoms with Crippen LogP contribution in [0.25, 0.3) is 0 Å². The molecule has 0 radical (unpaired) electrons. The van der Waals surface area contributed by atoms with Crippen molar-refractivity contribution < 1.29 is 13.3 Å². The van der Waals surface area contributed by atoms with Crippen LogP contribution in [0.1, 0.15) is 11.1 Å². The van der Waals surface area contributed by atoms with Crippen molar-refractivity contribution in [3.05, 3.63) is 63.7 Å². The third-order valence-electron chi connectivity index (χ3n) is 3.07. The Morgan fingerprint density at radius 3 is 2.39 bits per heavy atom. The van der Waals surface area contributed by atoms with Gasteiger partial charge in [0.2, 0.25) is 10.0 Å². The molecule has 8 nitrogen and oxygen atoms in total. The molecule has 3 N–H and O–H groups in total. The molecule has 23 heavy (non-hydrogen) atoms. The average molecular weight is 332 g/mol. The van der Waals surface area contributed by atoms with Crippen LogP contribution in [-0.4, -0.2) is 13.3 Å². The molecule has 9 heteroatoms. The van der Waals surface area contributed by atoms with Crippen LogP contribution >= 0.6 is 0 Å². The number of nitro benzene ring substituents is 1. The van der Waals surface area contributed by atoms with Gasteiger partial charge in [-0.05, 0) is 23.8 Å². The highest BCUT2D eigenvalue weighted by Crippen LogP contribution is 2.22. The number of nitrogens with zero attached hydrogens (tertiary/aromatic N) is 2. The molecule has 0 aliphatic carbocycles. The van der Waals surface area contributed by atoms with Gasteiger partial charge in [0.05, 0.1) is 21.1 Å². The lowest BCUT2D eigenvalue weighted by atomic mass is 10.1. The second-order valence-electron chi connectivity index (χ2n) is 4.64. The molecule has 0 aliphatic rings. The van der Waals surface area contributed by atoms with Crippen LogP contribution in [-0.2, 0) is 16.6 Å². The largest absolute Gasteiger partial charge is 0.380 e. The summed E-state index contributed by atoms with van der Waals surface area (Å²) in [6, 6.07) is 11.8. The lowest BCUT2D eigenvalue weighted by molar-refractivity contribution is -0.384. The molecule has 0 fully saturated rings. The highest BCUT2D eigenvalue weighted by atomic mass is 32.2. The van der Waals surface area contributed by atoms with E-state index in [0.717, 1.165) is 5.56 Å². The van der Waals surface area contributed by atoms with E-state index in [1.165, 1.54) is 30.3 Å². The van der Waals surface area contributed by atoms with Crippen LogP contribution in [0.3, 0.4) is 0 Å². The smallest absolute Gasteiger partial charge is 0.270 e. The van der Waals surface area contributed by atoms with Gasteiger partial charge in [-0.1, -0.05) is 12.1 Å². The van der Waals surface area contributed by atoms with Gasteiger partial charge in [0.25, 0.3) is 5.69 Å². The first-order valence-electron chi connectivity index (χ1n) is 6.35. The molecular formula is C14H12N4O4S. The minimum Gasteiger partial charge on any atom is -0.380 e. The van der Waals surface area contributed by atoms with Crippen LogP contribution in [0.4, 0.5) is 11.4 Å². The van der Waals surface area contributed by atoms with E-state index in [1.807, 2.05) is 6.07 Å². The van der Waals surface area contributed by atoms with E-state index < -0.39 is 14.9 Å². The van der Waals surface area contributed by atoms with Gasteiger partial charge in [0.15, 0.2) is 0 Å². The van der Waals surface area contributed by atoms with E-state index in [-0.39, 0.29) is 16.1 Å². The zero-order chi connectivity index (χ0) is 17.0. The summed E-state index contributed by atoms with van der Waals surface area (Å²) in [5.41, 5.74) is 1.21. The lowest BCUT2D eigenvalue weighted by Crippen LogP contribution is -2.12. The van der Waals surface area contributed by atoms with E-state index >= 15 is 0 Å². The zero-order valence-electron chi connectivity index (χ0n) is 11.8. The minimum absolute atomic E-state index is 0.00861. The fraction of sp³-hybridized carbons (Fsp3) is 0.0714. The summed E-state index contributed by atoms with van der Waals surface area (Å²) in [4.78, 5) is 10.1. The number of nitrogens with two attached hydrogens (primary N) is 1. The lowest BCUT2D eigenvalue weighted by Gasteiger charge is -2.08. The van der Waals surface area contributed by atoms with Gasteiger partial charge in [0, 0.05) is 18.7 Å².